The van der Waals surface area contributed by atoms with Gasteiger partial charge in [0.15, 0.2) is 0 Å². The fraction of sp³-hybridized carbons (Fsp3) is 0.190. The third-order valence-electron chi connectivity index (χ3n) is 4.56. The number of carboxylic acid groups (broad SMARTS) is 1. The van der Waals surface area contributed by atoms with Gasteiger partial charge >= 0.3 is 5.97 Å². The van der Waals surface area contributed by atoms with Gasteiger partial charge in [-0.3, -0.25) is 14.4 Å². The Labute approximate surface area is 166 Å². The SMILES string of the molecule is O=C(O)CCCN1C(=O)C(=O)/C(=C(/O)c2ccc(Cl)cc2)[C@H]1c1ccccc1. The Balaban J connectivity index is 2.07. The monoisotopic (exact) mass is 399 g/mol. The van der Waals surface area contributed by atoms with Crippen molar-refractivity contribution in [2.45, 2.75) is 18.9 Å². The highest BCUT2D eigenvalue weighted by Gasteiger charge is 2.45. The number of aliphatic hydroxyl groups is 1. The number of ketones is 1. The molecule has 2 aromatic carbocycles. The van der Waals surface area contributed by atoms with Crippen LogP contribution in [-0.2, 0) is 14.4 Å². The zero-order valence-corrected chi connectivity index (χ0v) is 15.6. The van der Waals surface area contributed by atoms with Crippen LogP contribution in [0.2, 0.25) is 5.02 Å². The van der Waals surface area contributed by atoms with Crippen molar-refractivity contribution in [3.8, 4) is 0 Å². The molecular weight excluding hydrogens is 382 g/mol. The maximum Gasteiger partial charge on any atom is 0.303 e. The summed E-state index contributed by atoms with van der Waals surface area (Å²) in [5.41, 5.74) is 1.01. The highest BCUT2D eigenvalue weighted by atomic mass is 35.5. The number of halogens is 1. The molecule has 0 bridgehead atoms. The molecule has 1 aliphatic rings. The number of benzene rings is 2. The van der Waals surface area contributed by atoms with E-state index < -0.39 is 23.7 Å². The maximum absolute atomic E-state index is 12.7. The van der Waals surface area contributed by atoms with Crippen LogP contribution in [0.25, 0.3) is 5.76 Å². The van der Waals surface area contributed by atoms with Crippen LogP contribution in [0.3, 0.4) is 0 Å². The highest BCUT2D eigenvalue weighted by molar-refractivity contribution is 6.46. The number of carbonyl (C=O) groups is 3. The molecule has 2 aromatic rings. The van der Waals surface area contributed by atoms with Gasteiger partial charge in [-0.1, -0.05) is 41.9 Å². The molecule has 2 N–H and O–H groups in total. The smallest absolute Gasteiger partial charge is 0.303 e. The second kappa shape index (κ2) is 8.27. The lowest BCUT2D eigenvalue weighted by Crippen LogP contribution is -2.31. The van der Waals surface area contributed by atoms with Crippen molar-refractivity contribution in [3.05, 3.63) is 76.3 Å². The second-order valence-corrected chi connectivity index (χ2v) is 6.84. The van der Waals surface area contributed by atoms with Crippen molar-refractivity contribution in [3.63, 3.8) is 0 Å². The number of hydrogen-bond acceptors (Lipinski definition) is 4. The molecule has 1 atom stereocenters. The van der Waals surface area contributed by atoms with Crippen LogP contribution in [0.15, 0.2) is 60.2 Å². The number of aliphatic carboxylic acids is 1. The van der Waals surface area contributed by atoms with Crippen molar-refractivity contribution in [1.82, 2.24) is 4.90 Å². The van der Waals surface area contributed by atoms with Crippen molar-refractivity contribution < 1.29 is 24.6 Å². The summed E-state index contributed by atoms with van der Waals surface area (Å²) in [7, 11) is 0. The van der Waals surface area contributed by atoms with Gasteiger partial charge in [0.05, 0.1) is 11.6 Å². The van der Waals surface area contributed by atoms with E-state index in [9.17, 15) is 19.5 Å². The molecule has 0 unspecified atom stereocenters. The van der Waals surface area contributed by atoms with Crippen molar-refractivity contribution in [1.29, 1.82) is 0 Å². The Morgan fingerprint density at radius 3 is 2.25 bits per heavy atom. The Morgan fingerprint density at radius 1 is 1.00 bits per heavy atom. The molecule has 1 saturated heterocycles. The molecule has 28 heavy (non-hydrogen) atoms. The number of likely N-dealkylation sites (tertiary alicyclic amines) is 1. The van der Waals surface area contributed by atoms with Crippen LogP contribution in [0.4, 0.5) is 0 Å². The van der Waals surface area contributed by atoms with Crippen LogP contribution in [0.1, 0.15) is 30.0 Å². The predicted molar refractivity (Wildman–Crippen MR) is 104 cm³/mol. The van der Waals surface area contributed by atoms with Gasteiger partial charge in [0.1, 0.15) is 5.76 Å². The van der Waals surface area contributed by atoms with E-state index in [2.05, 4.69) is 0 Å². The predicted octanol–water partition coefficient (Wildman–Crippen LogP) is 3.63. The molecule has 0 saturated carbocycles. The largest absolute Gasteiger partial charge is 0.507 e. The molecule has 7 heteroatoms. The van der Waals surface area contributed by atoms with E-state index in [0.29, 0.717) is 16.1 Å². The standard InChI is InChI=1S/C21H18ClNO5/c22-15-10-8-14(9-11-15)19(26)17-18(13-5-2-1-3-6-13)23(21(28)20(17)27)12-4-7-16(24)25/h1-3,5-6,8-11,18,26H,4,7,12H2,(H,24,25)/b19-17+/t18-/m1/s1. The summed E-state index contributed by atoms with van der Waals surface area (Å²) >= 11 is 5.88. The van der Waals surface area contributed by atoms with E-state index >= 15 is 0 Å². The molecule has 0 aliphatic carbocycles. The molecule has 1 aliphatic heterocycles. The molecule has 0 aromatic heterocycles. The Morgan fingerprint density at radius 2 is 1.64 bits per heavy atom. The van der Waals surface area contributed by atoms with Crippen LogP contribution in [0.5, 0.6) is 0 Å². The first kappa shape index (κ1) is 19.6. The van der Waals surface area contributed by atoms with Crippen LogP contribution >= 0.6 is 11.6 Å². The van der Waals surface area contributed by atoms with E-state index in [1.807, 2.05) is 0 Å². The van der Waals surface area contributed by atoms with Gasteiger partial charge < -0.3 is 15.1 Å². The van der Waals surface area contributed by atoms with Gasteiger partial charge in [-0.15, -0.1) is 0 Å². The van der Waals surface area contributed by atoms with Crippen molar-refractivity contribution >= 4 is 35.0 Å². The van der Waals surface area contributed by atoms with Crippen LogP contribution in [0, 0.1) is 0 Å². The minimum atomic E-state index is -0.978. The van der Waals surface area contributed by atoms with Crippen molar-refractivity contribution in [2.24, 2.45) is 0 Å². The first-order valence-corrected chi connectivity index (χ1v) is 9.09. The minimum absolute atomic E-state index is 0.0196. The van der Waals surface area contributed by atoms with E-state index in [1.54, 1.807) is 54.6 Å². The summed E-state index contributed by atoms with van der Waals surface area (Å²) in [6.07, 6.45) is 0.0777. The van der Waals surface area contributed by atoms with Gasteiger partial charge in [0, 0.05) is 23.6 Å². The normalized spacial score (nSPS) is 18.5. The third-order valence-corrected chi connectivity index (χ3v) is 4.81. The lowest BCUT2D eigenvalue weighted by molar-refractivity contribution is -0.140. The van der Waals surface area contributed by atoms with Crippen LogP contribution < -0.4 is 0 Å². The maximum atomic E-state index is 12.7. The quantitative estimate of drug-likeness (QED) is 0.439. The molecule has 1 fully saturated rings. The molecular formula is C21H18ClNO5. The van der Waals surface area contributed by atoms with E-state index in [4.69, 9.17) is 16.7 Å². The summed E-state index contributed by atoms with van der Waals surface area (Å²) < 4.78 is 0. The van der Waals surface area contributed by atoms with Gasteiger partial charge in [-0.2, -0.15) is 0 Å². The lowest BCUT2D eigenvalue weighted by Gasteiger charge is -2.25. The number of nitrogens with zero attached hydrogens (tertiary/aromatic N) is 1. The van der Waals surface area contributed by atoms with E-state index in [1.165, 1.54) is 4.90 Å². The first-order valence-electron chi connectivity index (χ1n) is 8.71. The average molecular weight is 400 g/mol. The number of hydrogen-bond donors (Lipinski definition) is 2. The lowest BCUT2D eigenvalue weighted by atomic mass is 9.95. The second-order valence-electron chi connectivity index (χ2n) is 6.41. The number of rotatable bonds is 6. The minimum Gasteiger partial charge on any atom is -0.507 e. The summed E-state index contributed by atoms with van der Waals surface area (Å²) in [4.78, 5) is 37.5. The van der Waals surface area contributed by atoms with Gasteiger partial charge in [-0.05, 0) is 36.2 Å². The van der Waals surface area contributed by atoms with E-state index in [-0.39, 0.29) is 30.7 Å². The molecule has 0 radical (unpaired) electrons. The molecule has 0 spiro atoms. The van der Waals surface area contributed by atoms with E-state index in [0.717, 1.165) is 0 Å². The number of carboxylic acids is 1. The number of Topliss-reactive ketones (excluding diaryl/α,β-unsaturated/α-hetero) is 1. The molecule has 1 heterocycles. The van der Waals surface area contributed by atoms with Gasteiger partial charge in [0.25, 0.3) is 11.7 Å². The number of carbonyl (C=O) groups excluding carboxylic acids is 2. The summed E-state index contributed by atoms with van der Waals surface area (Å²) in [6.45, 7) is 0.0911. The third kappa shape index (κ3) is 3.92. The number of amides is 1. The summed E-state index contributed by atoms with van der Waals surface area (Å²) in [6, 6.07) is 14.4. The fourth-order valence-corrected chi connectivity index (χ4v) is 3.38. The van der Waals surface area contributed by atoms with Gasteiger partial charge in [-0.25, -0.2) is 0 Å². The fourth-order valence-electron chi connectivity index (χ4n) is 3.26. The summed E-state index contributed by atoms with van der Waals surface area (Å²) in [5, 5.41) is 20.2. The summed E-state index contributed by atoms with van der Waals surface area (Å²) in [5.74, 6) is -2.81. The first-order chi connectivity index (χ1) is 13.4. The Hall–Kier alpha value is -3.12. The molecule has 144 valence electrons. The molecule has 3 rings (SSSR count). The average Bonchev–Trinajstić information content (AvgIpc) is 2.93. The Kier molecular flexibility index (Phi) is 5.80. The van der Waals surface area contributed by atoms with Crippen LogP contribution in [-0.4, -0.2) is 39.3 Å². The van der Waals surface area contributed by atoms with Gasteiger partial charge in [0.2, 0.25) is 0 Å². The highest BCUT2D eigenvalue weighted by Crippen LogP contribution is 2.39. The zero-order valence-electron chi connectivity index (χ0n) is 14.8. The Bertz CT molecular complexity index is 937. The topological polar surface area (TPSA) is 94.9 Å². The molecule has 1 amide bonds. The zero-order chi connectivity index (χ0) is 20.3. The molecule has 6 nitrogen and oxygen atoms in total. The number of aliphatic hydroxyl groups excluding tert-OH is 1. The van der Waals surface area contributed by atoms with Crippen molar-refractivity contribution in [2.75, 3.05) is 6.54 Å².